The van der Waals surface area contributed by atoms with E-state index in [1.54, 1.807) is 19.1 Å². The van der Waals surface area contributed by atoms with E-state index in [0.29, 0.717) is 13.0 Å². The number of carbonyl (C=O) groups excluding carboxylic acids is 1. The van der Waals surface area contributed by atoms with Gasteiger partial charge < -0.3 is 14.7 Å². The van der Waals surface area contributed by atoms with Crippen molar-refractivity contribution in [3.63, 3.8) is 0 Å². The van der Waals surface area contributed by atoms with Gasteiger partial charge in [0.2, 0.25) is 5.91 Å². The van der Waals surface area contributed by atoms with Crippen molar-refractivity contribution in [2.45, 2.75) is 37.7 Å². The van der Waals surface area contributed by atoms with E-state index >= 15 is 0 Å². The molecule has 1 N–H and O–H groups in total. The van der Waals surface area contributed by atoms with Gasteiger partial charge >= 0.3 is 0 Å². The van der Waals surface area contributed by atoms with Gasteiger partial charge in [-0.2, -0.15) is 0 Å². The third-order valence-corrected chi connectivity index (χ3v) is 4.01. The normalized spacial score (nSPS) is 16.9. The number of nitrogens with zero attached hydrogens (tertiary/aromatic N) is 1. The monoisotopic (exact) mass is 277 g/mol. The SMILES string of the molecule is COc1ccc(CC(=O)N(C)CC2(O)CCCC2)cc1. The first-order valence-corrected chi connectivity index (χ1v) is 7.12. The molecule has 1 aliphatic carbocycles. The van der Waals surface area contributed by atoms with Gasteiger partial charge in [-0.1, -0.05) is 25.0 Å². The molecule has 0 bridgehead atoms. The summed E-state index contributed by atoms with van der Waals surface area (Å²) >= 11 is 0. The number of hydrogen-bond acceptors (Lipinski definition) is 3. The molecule has 1 saturated carbocycles. The molecular formula is C16H23NO3. The lowest BCUT2D eigenvalue weighted by atomic mass is 10.0. The predicted molar refractivity (Wildman–Crippen MR) is 77.8 cm³/mol. The number of hydrogen-bond donors (Lipinski definition) is 1. The first kappa shape index (κ1) is 14.9. The van der Waals surface area contributed by atoms with Crippen molar-refractivity contribution in [1.82, 2.24) is 4.90 Å². The summed E-state index contributed by atoms with van der Waals surface area (Å²) < 4.78 is 5.10. The molecule has 1 fully saturated rings. The van der Waals surface area contributed by atoms with Crippen LogP contribution in [-0.2, 0) is 11.2 Å². The van der Waals surface area contributed by atoms with Gasteiger partial charge in [0.1, 0.15) is 5.75 Å². The highest BCUT2D eigenvalue weighted by Gasteiger charge is 2.33. The van der Waals surface area contributed by atoms with Crippen molar-refractivity contribution in [1.29, 1.82) is 0 Å². The first-order chi connectivity index (χ1) is 9.52. The number of rotatable bonds is 5. The van der Waals surface area contributed by atoms with Crippen LogP contribution in [0, 0.1) is 0 Å². The summed E-state index contributed by atoms with van der Waals surface area (Å²) in [5, 5.41) is 10.3. The minimum atomic E-state index is -0.676. The number of likely N-dealkylation sites (N-methyl/N-ethyl adjacent to an activating group) is 1. The van der Waals surface area contributed by atoms with Gasteiger partial charge in [0.05, 0.1) is 19.1 Å². The number of methoxy groups -OCH3 is 1. The van der Waals surface area contributed by atoms with Crippen molar-refractivity contribution in [2.24, 2.45) is 0 Å². The summed E-state index contributed by atoms with van der Waals surface area (Å²) in [5.41, 5.74) is 0.283. The average molecular weight is 277 g/mol. The smallest absolute Gasteiger partial charge is 0.226 e. The molecule has 110 valence electrons. The number of carbonyl (C=O) groups is 1. The van der Waals surface area contributed by atoms with Crippen LogP contribution in [0.5, 0.6) is 5.75 Å². The summed E-state index contributed by atoms with van der Waals surface area (Å²) in [7, 11) is 3.39. The van der Waals surface area contributed by atoms with E-state index in [0.717, 1.165) is 37.0 Å². The Morgan fingerprint density at radius 2 is 1.90 bits per heavy atom. The zero-order valence-electron chi connectivity index (χ0n) is 12.3. The molecular weight excluding hydrogens is 254 g/mol. The molecule has 0 unspecified atom stereocenters. The lowest BCUT2D eigenvalue weighted by molar-refractivity contribution is -0.132. The van der Waals surface area contributed by atoms with Crippen LogP contribution in [0.15, 0.2) is 24.3 Å². The van der Waals surface area contributed by atoms with Crippen LogP contribution in [0.25, 0.3) is 0 Å². The van der Waals surface area contributed by atoms with Crippen molar-refractivity contribution in [2.75, 3.05) is 20.7 Å². The van der Waals surface area contributed by atoms with E-state index in [9.17, 15) is 9.90 Å². The predicted octanol–water partition coefficient (Wildman–Crippen LogP) is 2.00. The summed E-state index contributed by atoms with van der Waals surface area (Å²) in [6.07, 6.45) is 4.06. The fourth-order valence-electron chi connectivity index (χ4n) is 2.77. The van der Waals surface area contributed by atoms with Crippen LogP contribution >= 0.6 is 0 Å². The molecule has 0 saturated heterocycles. The third kappa shape index (κ3) is 3.73. The van der Waals surface area contributed by atoms with Gasteiger partial charge in [0, 0.05) is 13.6 Å². The van der Waals surface area contributed by atoms with Gasteiger partial charge in [-0.25, -0.2) is 0 Å². The lowest BCUT2D eigenvalue weighted by Crippen LogP contribution is -2.42. The summed E-state index contributed by atoms with van der Waals surface area (Å²) in [6.45, 7) is 0.433. The second-order valence-corrected chi connectivity index (χ2v) is 5.71. The number of aliphatic hydroxyl groups is 1. The van der Waals surface area contributed by atoms with Crippen molar-refractivity contribution >= 4 is 5.91 Å². The van der Waals surface area contributed by atoms with E-state index in [-0.39, 0.29) is 5.91 Å². The van der Waals surface area contributed by atoms with Gasteiger partial charge in [0.15, 0.2) is 0 Å². The molecule has 0 spiro atoms. The highest BCUT2D eigenvalue weighted by atomic mass is 16.5. The number of ether oxygens (including phenoxy) is 1. The van der Waals surface area contributed by atoms with E-state index in [1.165, 1.54) is 0 Å². The molecule has 0 atom stereocenters. The third-order valence-electron chi connectivity index (χ3n) is 4.01. The van der Waals surface area contributed by atoms with Crippen molar-refractivity contribution in [3.8, 4) is 5.75 Å². The largest absolute Gasteiger partial charge is 0.497 e. The zero-order chi connectivity index (χ0) is 14.6. The van der Waals surface area contributed by atoms with Crippen LogP contribution in [0.3, 0.4) is 0 Å². The molecule has 2 rings (SSSR count). The fourth-order valence-corrected chi connectivity index (χ4v) is 2.77. The van der Waals surface area contributed by atoms with Gasteiger partial charge in [0.25, 0.3) is 0 Å². The molecule has 4 heteroatoms. The Balaban J connectivity index is 1.89. The van der Waals surface area contributed by atoms with Crippen LogP contribution in [-0.4, -0.2) is 42.2 Å². The Labute approximate surface area is 120 Å². The van der Waals surface area contributed by atoms with Crippen LogP contribution in [0.2, 0.25) is 0 Å². The summed E-state index contributed by atoms with van der Waals surface area (Å²) in [4.78, 5) is 13.8. The van der Waals surface area contributed by atoms with Gasteiger partial charge in [-0.05, 0) is 30.5 Å². The maximum absolute atomic E-state index is 12.2. The average Bonchev–Trinajstić information content (AvgIpc) is 2.86. The fraction of sp³-hybridized carbons (Fsp3) is 0.562. The van der Waals surface area contributed by atoms with Crippen LogP contribution < -0.4 is 4.74 Å². The van der Waals surface area contributed by atoms with Crippen LogP contribution in [0.1, 0.15) is 31.2 Å². The minimum absolute atomic E-state index is 0.0375. The van der Waals surface area contributed by atoms with Crippen molar-refractivity contribution in [3.05, 3.63) is 29.8 Å². The second kappa shape index (κ2) is 6.27. The van der Waals surface area contributed by atoms with Crippen LogP contribution in [0.4, 0.5) is 0 Å². The molecule has 0 aliphatic heterocycles. The molecule has 1 aliphatic rings. The Morgan fingerprint density at radius 1 is 1.30 bits per heavy atom. The topological polar surface area (TPSA) is 49.8 Å². The van der Waals surface area contributed by atoms with Gasteiger partial charge in [-0.3, -0.25) is 4.79 Å². The molecule has 1 aromatic rings. The quantitative estimate of drug-likeness (QED) is 0.895. The van der Waals surface area contributed by atoms with Crippen molar-refractivity contribution < 1.29 is 14.6 Å². The zero-order valence-corrected chi connectivity index (χ0v) is 12.3. The molecule has 1 amide bonds. The standard InChI is InChI=1S/C16H23NO3/c1-17(12-16(19)9-3-4-10-16)15(18)11-13-5-7-14(20-2)8-6-13/h5-8,19H,3-4,9-12H2,1-2H3. The number of benzene rings is 1. The maximum atomic E-state index is 12.2. The number of amides is 1. The molecule has 20 heavy (non-hydrogen) atoms. The Hall–Kier alpha value is -1.55. The Morgan fingerprint density at radius 3 is 2.45 bits per heavy atom. The molecule has 0 heterocycles. The second-order valence-electron chi connectivity index (χ2n) is 5.71. The lowest BCUT2D eigenvalue weighted by Gasteiger charge is -2.28. The van der Waals surface area contributed by atoms with E-state index in [1.807, 2.05) is 24.3 Å². The highest BCUT2D eigenvalue weighted by Crippen LogP contribution is 2.30. The van der Waals surface area contributed by atoms with E-state index < -0.39 is 5.60 Å². The minimum Gasteiger partial charge on any atom is -0.497 e. The molecule has 0 radical (unpaired) electrons. The molecule has 1 aromatic carbocycles. The maximum Gasteiger partial charge on any atom is 0.226 e. The highest BCUT2D eigenvalue weighted by molar-refractivity contribution is 5.78. The Kier molecular flexibility index (Phi) is 4.65. The summed E-state index contributed by atoms with van der Waals surface area (Å²) in [5.74, 6) is 0.824. The molecule has 0 aromatic heterocycles. The van der Waals surface area contributed by atoms with Gasteiger partial charge in [-0.15, -0.1) is 0 Å². The van der Waals surface area contributed by atoms with E-state index in [2.05, 4.69) is 0 Å². The first-order valence-electron chi connectivity index (χ1n) is 7.12. The molecule has 4 nitrogen and oxygen atoms in total. The Bertz CT molecular complexity index is 449. The van der Waals surface area contributed by atoms with E-state index in [4.69, 9.17) is 4.74 Å². The summed E-state index contributed by atoms with van der Waals surface area (Å²) in [6, 6.07) is 7.50.